The summed E-state index contributed by atoms with van der Waals surface area (Å²) in [5.74, 6) is 0.632. The SMILES string of the molecule is COC(=O)Cc1cccc(-c2nc(N3CCC3C)nc3c2CCC3)c1. The Balaban J connectivity index is 1.74. The highest BCUT2D eigenvalue weighted by atomic mass is 16.5. The van der Waals surface area contributed by atoms with Gasteiger partial charge in [0.1, 0.15) is 0 Å². The van der Waals surface area contributed by atoms with Crippen LogP contribution in [0.3, 0.4) is 0 Å². The predicted octanol–water partition coefficient (Wildman–Crippen LogP) is 2.95. The van der Waals surface area contributed by atoms with Crippen LogP contribution in [0.25, 0.3) is 11.3 Å². The van der Waals surface area contributed by atoms with E-state index >= 15 is 0 Å². The molecule has 1 aliphatic heterocycles. The molecule has 130 valence electrons. The van der Waals surface area contributed by atoms with E-state index < -0.39 is 0 Å². The lowest BCUT2D eigenvalue weighted by molar-refractivity contribution is -0.139. The number of benzene rings is 1. The summed E-state index contributed by atoms with van der Waals surface area (Å²) >= 11 is 0. The fourth-order valence-electron chi connectivity index (χ4n) is 3.67. The molecule has 0 bridgehead atoms. The van der Waals surface area contributed by atoms with Crippen molar-refractivity contribution in [3.63, 3.8) is 0 Å². The predicted molar refractivity (Wildman–Crippen MR) is 96.6 cm³/mol. The summed E-state index contributed by atoms with van der Waals surface area (Å²) in [6.45, 7) is 3.25. The van der Waals surface area contributed by atoms with Crippen LogP contribution in [0.2, 0.25) is 0 Å². The summed E-state index contributed by atoms with van der Waals surface area (Å²) in [4.78, 5) is 23.6. The molecule has 5 nitrogen and oxygen atoms in total. The molecule has 1 aliphatic carbocycles. The number of aryl methyl sites for hydroxylation is 1. The van der Waals surface area contributed by atoms with E-state index in [-0.39, 0.29) is 12.4 Å². The highest BCUT2D eigenvalue weighted by Crippen LogP contribution is 2.34. The van der Waals surface area contributed by atoms with Crippen molar-refractivity contribution < 1.29 is 9.53 Å². The van der Waals surface area contributed by atoms with Gasteiger partial charge >= 0.3 is 5.97 Å². The number of hydrogen-bond donors (Lipinski definition) is 0. The Morgan fingerprint density at radius 1 is 1.32 bits per heavy atom. The van der Waals surface area contributed by atoms with Crippen molar-refractivity contribution in [2.75, 3.05) is 18.6 Å². The van der Waals surface area contributed by atoms with Gasteiger partial charge in [0.05, 0.1) is 19.2 Å². The van der Waals surface area contributed by atoms with Crippen LogP contribution in [0.1, 0.15) is 36.6 Å². The van der Waals surface area contributed by atoms with Crippen molar-refractivity contribution in [2.45, 2.75) is 45.1 Å². The first-order valence-corrected chi connectivity index (χ1v) is 8.98. The Morgan fingerprint density at radius 3 is 2.92 bits per heavy atom. The molecule has 1 fully saturated rings. The number of aromatic nitrogens is 2. The summed E-state index contributed by atoms with van der Waals surface area (Å²) in [5, 5.41) is 0. The summed E-state index contributed by atoms with van der Waals surface area (Å²) in [5.41, 5.74) is 5.51. The molecule has 0 amide bonds. The average Bonchev–Trinajstić information content (AvgIpc) is 3.08. The summed E-state index contributed by atoms with van der Waals surface area (Å²) in [6, 6.07) is 8.59. The smallest absolute Gasteiger partial charge is 0.309 e. The normalized spacial score (nSPS) is 18.6. The highest BCUT2D eigenvalue weighted by molar-refractivity contribution is 5.74. The molecule has 1 aromatic carbocycles. The minimum Gasteiger partial charge on any atom is -0.469 e. The molecule has 0 spiro atoms. The van der Waals surface area contributed by atoms with Gasteiger partial charge in [-0.2, -0.15) is 0 Å². The van der Waals surface area contributed by atoms with E-state index in [1.807, 2.05) is 12.1 Å². The molecule has 2 aromatic rings. The molecule has 0 saturated carbocycles. The second-order valence-electron chi connectivity index (χ2n) is 6.94. The second kappa shape index (κ2) is 6.47. The van der Waals surface area contributed by atoms with Crippen LogP contribution in [0.4, 0.5) is 5.95 Å². The molecular weight excluding hydrogens is 314 g/mol. The van der Waals surface area contributed by atoms with E-state index in [0.717, 1.165) is 48.6 Å². The lowest BCUT2D eigenvalue weighted by Crippen LogP contribution is -2.46. The maximum Gasteiger partial charge on any atom is 0.309 e. The Morgan fingerprint density at radius 2 is 2.20 bits per heavy atom. The Hall–Kier alpha value is -2.43. The van der Waals surface area contributed by atoms with Crippen LogP contribution in [0.15, 0.2) is 24.3 Å². The second-order valence-corrected chi connectivity index (χ2v) is 6.94. The summed E-state index contributed by atoms with van der Waals surface area (Å²) in [6.07, 6.45) is 4.68. The fraction of sp³-hybridized carbons (Fsp3) is 0.450. The van der Waals surface area contributed by atoms with E-state index in [1.165, 1.54) is 24.8 Å². The first kappa shape index (κ1) is 16.1. The van der Waals surface area contributed by atoms with Crippen LogP contribution in [0.5, 0.6) is 0 Å². The quantitative estimate of drug-likeness (QED) is 0.803. The monoisotopic (exact) mass is 337 g/mol. The number of nitrogens with zero attached hydrogens (tertiary/aromatic N) is 3. The minimum absolute atomic E-state index is 0.222. The molecule has 1 saturated heterocycles. The van der Waals surface area contributed by atoms with Crippen molar-refractivity contribution in [1.29, 1.82) is 0 Å². The van der Waals surface area contributed by atoms with Gasteiger partial charge in [-0.15, -0.1) is 0 Å². The number of fused-ring (bicyclic) bond motifs is 1. The molecule has 2 aliphatic rings. The number of ether oxygens (including phenoxy) is 1. The minimum atomic E-state index is -0.222. The van der Waals surface area contributed by atoms with Crippen LogP contribution >= 0.6 is 0 Å². The molecule has 5 heteroatoms. The zero-order valence-electron chi connectivity index (χ0n) is 14.8. The number of carbonyl (C=O) groups is 1. The Kier molecular flexibility index (Phi) is 4.15. The third-order valence-electron chi connectivity index (χ3n) is 5.27. The van der Waals surface area contributed by atoms with Gasteiger partial charge < -0.3 is 9.64 Å². The maximum atomic E-state index is 11.6. The Labute approximate surface area is 148 Å². The molecule has 1 atom stereocenters. The zero-order chi connectivity index (χ0) is 17.4. The van der Waals surface area contributed by atoms with Crippen molar-refractivity contribution >= 4 is 11.9 Å². The van der Waals surface area contributed by atoms with Gasteiger partial charge in [-0.1, -0.05) is 18.2 Å². The zero-order valence-corrected chi connectivity index (χ0v) is 14.8. The van der Waals surface area contributed by atoms with Crippen molar-refractivity contribution in [3.05, 3.63) is 41.1 Å². The van der Waals surface area contributed by atoms with Gasteiger partial charge in [0.2, 0.25) is 5.95 Å². The number of carbonyl (C=O) groups excluding carboxylic acids is 1. The van der Waals surface area contributed by atoms with Crippen molar-refractivity contribution in [2.24, 2.45) is 0 Å². The lowest BCUT2D eigenvalue weighted by Gasteiger charge is -2.39. The molecule has 4 rings (SSSR count). The summed E-state index contributed by atoms with van der Waals surface area (Å²) in [7, 11) is 1.42. The van der Waals surface area contributed by atoms with Crippen LogP contribution in [-0.4, -0.2) is 35.6 Å². The number of hydrogen-bond acceptors (Lipinski definition) is 5. The third kappa shape index (κ3) is 2.99. The first-order chi connectivity index (χ1) is 12.2. The molecule has 1 unspecified atom stereocenters. The molecule has 0 radical (unpaired) electrons. The van der Waals surface area contributed by atoms with Gasteiger partial charge in [-0.3, -0.25) is 4.79 Å². The van der Waals surface area contributed by atoms with E-state index in [0.29, 0.717) is 6.04 Å². The van der Waals surface area contributed by atoms with Crippen LogP contribution < -0.4 is 4.90 Å². The standard InChI is InChI=1S/C20H23N3O2/c1-13-9-10-23(13)20-21-17-8-4-7-16(17)19(22-20)15-6-3-5-14(11-15)12-18(24)25-2/h3,5-6,11,13H,4,7-10,12H2,1-2H3. The van der Waals surface area contributed by atoms with Crippen LogP contribution in [0, 0.1) is 0 Å². The Bertz CT molecular complexity index is 819. The molecule has 2 heterocycles. The molecular formula is C20H23N3O2. The average molecular weight is 337 g/mol. The number of methoxy groups -OCH3 is 1. The third-order valence-corrected chi connectivity index (χ3v) is 5.27. The van der Waals surface area contributed by atoms with Crippen molar-refractivity contribution in [1.82, 2.24) is 9.97 Å². The lowest BCUT2D eigenvalue weighted by atomic mass is 10.0. The van der Waals surface area contributed by atoms with Gasteiger partial charge in [-0.05, 0) is 44.2 Å². The molecule has 25 heavy (non-hydrogen) atoms. The van der Waals surface area contributed by atoms with Gasteiger partial charge in [0.15, 0.2) is 0 Å². The van der Waals surface area contributed by atoms with E-state index in [1.54, 1.807) is 0 Å². The first-order valence-electron chi connectivity index (χ1n) is 8.98. The van der Waals surface area contributed by atoms with E-state index in [2.05, 4.69) is 24.0 Å². The molecule has 1 aromatic heterocycles. The largest absolute Gasteiger partial charge is 0.469 e. The van der Waals surface area contributed by atoms with Gasteiger partial charge in [-0.25, -0.2) is 9.97 Å². The van der Waals surface area contributed by atoms with Crippen LogP contribution in [-0.2, 0) is 28.8 Å². The number of esters is 1. The summed E-state index contributed by atoms with van der Waals surface area (Å²) < 4.78 is 4.79. The van der Waals surface area contributed by atoms with Crippen molar-refractivity contribution in [3.8, 4) is 11.3 Å². The highest BCUT2D eigenvalue weighted by Gasteiger charge is 2.29. The number of anilines is 1. The topological polar surface area (TPSA) is 55.3 Å². The van der Waals surface area contributed by atoms with Gasteiger partial charge in [0.25, 0.3) is 0 Å². The number of rotatable bonds is 4. The van der Waals surface area contributed by atoms with E-state index in [4.69, 9.17) is 14.7 Å². The van der Waals surface area contributed by atoms with Gasteiger partial charge in [0, 0.05) is 29.4 Å². The maximum absolute atomic E-state index is 11.6. The molecule has 0 N–H and O–H groups in total. The fourth-order valence-corrected chi connectivity index (χ4v) is 3.67. The van der Waals surface area contributed by atoms with E-state index in [9.17, 15) is 4.79 Å².